The molecule has 144 valence electrons. The van der Waals surface area contributed by atoms with E-state index in [-0.39, 0.29) is 11.5 Å². The third kappa shape index (κ3) is 3.69. The molecule has 2 heterocycles. The Balaban J connectivity index is 1.37. The average Bonchev–Trinajstić information content (AvgIpc) is 3.48. The molecule has 7 nitrogen and oxygen atoms in total. The van der Waals surface area contributed by atoms with Crippen molar-refractivity contribution in [3.8, 4) is 5.75 Å². The van der Waals surface area contributed by atoms with E-state index in [0.717, 1.165) is 50.3 Å². The molecule has 1 saturated heterocycles. The van der Waals surface area contributed by atoms with Crippen LogP contribution in [0.4, 0.5) is 0 Å². The summed E-state index contributed by atoms with van der Waals surface area (Å²) < 4.78 is 8.51. The predicted molar refractivity (Wildman–Crippen MR) is 101 cm³/mol. The number of hydrogen-bond donors (Lipinski definition) is 0. The standard InChI is InChI=1S/C20H26N4O3/c1-22-20(26)24(16-5-6-16)19(21-22)15-9-11-23(12-10-15)13-18(25)14-3-7-17(27-2)8-4-14/h3-4,7-8,15-16H,5-6,9-13H2,1-2H3. The maximum Gasteiger partial charge on any atom is 0.345 e. The molecule has 1 saturated carbocycles. The number of benzene rings is 1. The summed E-state index contributed by atoms with van der Waals surface area (Å²) in [5, 5.41) is 4.51. The second kappa shape index (κ2) is 7.31. The van der Waals surface area contributed by atoms with Crippen LogP contribution in [0.15, 0.2) is 29.1 Å². The summed E-state index contributed by atoms with van der Waals surface area (Å²) in [5.74, 6) is 2.12. The van der Waals surface area contributed by atoms with Crippen LogP contribution >= 0.6 is 0 Å². The Morgan fingerprint density at radius 3 is 2.41 bits per heavy atom. The van der Waals surface area contributed by atoms with Crippen LogP contribution in [0, 0.1) is 0 Å². The van der Waals surface area contributed by atoms with Crippen LogP contribution in [0.1, 0.15) is 53.8 Å². The molecule has 4 rings (SSSR count). The van der Waals surface area contributed by atoms with Crippen LogP contribution in [-0.2, 0) is 7.05 Å². The van der Waals surface area contributed by atoms with E-state index in [1.54, 1.807) is 14.2 Å². The zero-order valence-corrected chi connectivity index (χ0v) is 15.9. The molecule has 2 aliphatic rings. The molecule has 0 N–H and O–H groups in total. The first kappa shape index (κ1) is 18.0. The van der Waals surface area contributed by atoms with Crippen molar-refractivity contribution in [2.75, 3.05) is 26.7 Å². The van der Waals surface area contributed by atoms with E-state index in [1.165, 1.54) is 4.68 Å². The van der Waals surface area contributed by atoms with Gasteiger partial charge in [0.2, 0.25) is 0 Å². The summed E-state index contributed by atoms with van der Waals surface area (Å²) in [6.07, 6.45) is 4.01. The van der Waals surface area contributed by atoms with Gasteiger partial charge in [0.15, 0.2) is 5.78 Å². The first-order chi connectivity index (χ1) is 13.1. The number of Topliss-reactive ketones (excluding diaryl/α,β-unsaturated/α-hetero) is 1. The Morgan fingerprint density at radius 1 is 1.15 bits per heavy atom. The predicted octanol–water partition coefficient (Wildman–Crippen LogP) is 1.99. The van der Waals surface area contributed by atoms with Gasteiger partial charge >= 0.3 is 5.69 Å². The van der Waals surface area contributed by atoms with E-state index < -0.39 is 0 Å². The van der Waals surface area contributed by atoms with Crippen molar-refractivity contribution < 1.29 is 9.53 Å². The number of ketones is 1. The molecule has 27 heavy (non-hydrogen) atoms. The molecule has 2 fully saturated rings. The van der Waals surface area contributed by atoms with Gasteiger partial charge in [0, 0.05) is 24.6 Å². The van der Waals surface area contributed by atoms with Gasteiger partial charge in [0.25, 0.3) is 0 Å². The number of piperidine rings is 1. The lowest BCUT2D eigenvalue weighted by Gasteiger charge is -2.31. The number of rotatable bonds is 6. The minimum absolute atomic E-state index is 0.00427. The van der Waals surface area contributed by atoms with Crippen LogP contribution in [0.2, 0.25) is 0 Å². The third-order valence-electron chi connectivity index (χ3n) is 5.63. The van der Waals surface area contributed by atoms with Crippen molar-refractivity contribution in [2.45, 2.75) is 37.6 Å². The number of nitrogens with zero attached hydrogens (tertiary/aromatic N) is 4. The summed E-state index contributed by atoms with van der Waals surface area (Å²) in [6.45, 7) is 2.13. The number of ether oxygens (including phenoxy) is 1. The van der Waals surface area contributed by atoms with Crippen molar-refractivity contribution in [1.29, 1.82) is 0 Å². The first-order valence-corrected chi connectivity index (χ1v) is 9.62. The molecule has 2 aromatic rings. The molecule has 0 amide bonds. The van der Waals surface area contributed by atoms with Gasteiger partial charge in [0.1, 0.15) is 11.6 Å². The molecule has 0 unspecified atom stereocenters. The number of methoxy groups -OCH3 is 1. The van der Waals surface area contributed by atoms with Crippen molar-refractivity contribution in [3.63, 3.8) is 0 Å². The minimum atomic E-state index is 0.00427. The quantitative estimate of drug-likeness (QED) is 0.728. The van der Waals surface area contributed by atoms with Gasteiger partial charge in [-0.3, -0.25) is 14.3 Å². The summed E-state index contributed by atoms with van der Waals surface area (Å²) in [6, 6.07) is 7.61. The lowest BCUT2D eigenvalue weighted by molar-refractivity contribution is 0.0908. The Kier molecular flexibility index (Phi) is 4.86. The van der Waals surface area contributed by atoms with Crippen LogP contribution in [0.3, 0.4) is 0 Å². The largest absolute Gasteiger partial charge is 0.497 e. The smallest absolute Gasteiger partial charge is 0.345 e. The number of likely N-dealkylation sites (tertiary alicyclic amines) is 1. The highest BCUT2D eigenvalue weighted by Gasteiger charge is 2.33. The molecule has 0 radical (unpaired) electrons. The van der Waals surface area contributed by atoms with E-state index in [9.17, 15) is 9.59 Å². The average molecular weight is 370 g/mol. The molecule has 0 bridgehead atoms. The topological polar surface area (TPSA) is 69.4 Å². The van der Waals surface area contributed by atoms with Crippen LogP contribution < -0.4 is 10.4 Å². The normalized spacial score (nSPS) is 18.6. The van der Waals surface area contributed by atoms with Crippen molar-refractivity contribution in [2.24, 2.45) is 7.05 Å². The first-order valence-electron chi connectivity index (χ1n) is 9.62. The zero-order valence-electron chi connectivity index (χ0n) is 15.9. The molecule has 0 atom stereocenters. The Morgan fingerprint density at radius 2 is 1.81 bits per heavy atom. The van der Waals surface area contributed by atoms with Crippen molar-refractivity contribution >= 4 is 5.78 Å². The second-order valence-corrected chi connectivity index (χ2v) is 7.57. The van der Waals surface area contributed by atoms with Crippen LogP contribution in [0.25, 0.3) is 0 Å². The SMILES string of the molecule is COc1ccc(C(=O)CN2CCC(c3nn(C)c(=O)n3C3CC3)CC2)cc1. The Labute approximate surface area is 158 Å². The number of carbonyl (C=O) groups is 1. The Bertz CT molecular complexity index is 872. The highest BCUT2D eigenvalue weighted by atomic mass is 16.5. The van der Waals surface area contributed by atoms with Gasteiger partial charge in [-0.2, -0.15) is 5.10 Å². The number of hydrogen-bond acceptors (Lipinski definition) is 5. The molecule has 7 heteroatoms. The maximum absolute atomic E-state index is 12.5. The summed E-state index contributed by atoms with van der Waals surface area (Å²) in [7, 11) is 3.35. The van der Waals surface area contributed by atoms with Crippen molar-refractivity contribution in [1.82, 2.24) is 19.2 Å². The molecule has 1 aromatic carbocycles. The summed E-state index contributed by atoms with van der Waals surface area (Å²) >= 11 is 0. The van der Waals surface area contributed by atoms with Gasteiger partial charge in [-0.25, -0.2) is 9.48 Å². The molecule has 1 aliphatic heterocycles. The molecule has 0 spiro atoms. The number of carbonyl (C=O) groups excluding carboxylic acids is 1. The van der Waals surface area contributed by atoms with Gasteiger partial charge < -0.3 is 4.74 Å². The summed E-state index contributed by atoms with van der Waals surface area (Å²) in [5.41, 5.74) is 0.717. The van der Waals surface area contributed by atoms with Crippen molar-refractivity contribution in [3.05, 3.63) is 46.1 Å². The highest BCUT2D eigenvalue weighted by molar-refractivity contribution is 5.97. The zero-order chi connectivity index (χ0) is 19.0. The van der Waals surface area contributed by atoms with E-state index >= 15 is 0 Å². The highest BCUT2D eigenvalue weighted by Crippen LogP contribution is 2.37. The summed E-state index contributed by atoms with van der Waals surface area (Å²) in [4.78, 5) is 27.0. The lowest BCUT2D eigenvalue weighted by Crippen LogP contribution is -2.37. The molecule has 1 aliphatic carbocycles. The lowest BCUT2D eigenvalue weighted by atomic mass is 9.95. The van der Waals surface area contributed by atoms with Gasteiger partial charge in [-0.05, 0) is 63.0 Å². The minimum Gasteiger partial charge on any atom is -0.497 e. The van der Waals surface area contributed by atoms with E-state index in [2.05, 4.69) is 10.00 Å². The van der Waals surface area contributed by atoms with E-state index in [1.807, 2.05) is 28.8 Å². The fourth-order valence-corrected chi connectivity index (χ4v) is 3.87. The van der Waals surface area contributed by atoms with Crippen LogP contribution in [0.5, 0.6) is 5.75 Å². The third-order valence-corrected chi connectivity index (χ3v) is 5.63. The fourth-order valence-electron chi connectivity index (χ4n) is 3.87. The Hall–Kier alpha value is -2.41. The second-order valence-electron chi connectivity index (χ2n) is 7.57. The molecular formula is C20H26N4O3. The van der Waals surface area contributed by atoms with Gasteiger partial charge in [0.05, 0.1) is 13.7 Å². The van der Waals surface area contributed by atoms with E-state index in [4.69, 9.17) is 4.74 Å². The number of aromatic nitrogens is 3. The number of aryl methyl sites for hydroxylation is 1. The molecular weight excluding hydrogens is 344 g/mol. The van der Waals surface area contributed by atoms with E-state index in [0.29, 0.717) is 24.1 Å². The fraction of sp³-hybridized carbons (Fsp3) is 0.550. The van der Waals surface area contributed by atoms with Gasteiger partial charge in [-0.1, -0.05) is 0 Å². The monoisotopic (exact) mass is 370 g/mol. The maximum atomic E-state index is 12.5. The van der Waals surface area contributed by atoms with Gasteiger partial charge in [-0.15, -0.1) is 0 Å². The molecule has 1 aromatic heterocycles. The van der Waals surface area contributed by atoms with Crippen LogP contribution in [-0.4, -0.2) is 51.8 Å².